The van der Waals surface area contributed by atoms with Crippen molar-refractivity contribution in [1.82, 2.24) is 14.7 Å². The minimum Gasteiger partial charge on any atom is -0.454 e. The second-order valence-corrected chi connectivity index (χ2v) is 5.95. The fourth-order valence-corrected chi connectivity index (χ4v) is 3.04. The maximum absolute atomic E-state index is 12.5. The number of rotatable bonds is 2. The lowest BCUT2D eigenvalue weighted by molar-refractivity contribution is 0.0745. The molecule has 0 saturated carbocycles. The average molecular weight is 353 g/mol. The molecule has 0 aliphatic carbocycles. The van der Waals surface area contributed by atoms with Gasteiger partial charge in [0.05, 0.1) is 17.4 Å². The summed E-state index contributed by atoms with van der Waals surface area (Å²) in [5, 5.41) is 4.18. The second-order valence-electron chi connectivity index (χ2n) is 5.17. The molecule has 0 unspecified atom stereocenters. The first-order valence-corrected chi connectivity index (χ1v) is 7.62. The highest BCUT2D eigenvalue weighted by Gasteiger charge is 2.25. The van der Waals surface area contributed by atoms with Gasteiger partial charge in [0, 0.05) is 45.5 Å². The van der Waals surface area contributed by atoms with Crippen molar-refractivity contribution in [3.8, 4) is 0 Å². The van der Waals surface area contributed by atoms with Crippen LogP contribution in [0.5, 0.6) is 0 Å². The number of amides is 1. The van der Waals surface area contributed by atoms with Crippen LogP contribution < -0.4 is 4.90 Å². The molecule has 1 aliphatic heterocycles. The van der Waals surface area contributed by atoms with Gasteiger partial charge in [-0.15, -0.1) is 0 Å². The van der Waals surface area contributed by atoms with Crippen molar-refractivity contribution in [3.63, 3.8) is 0 Å². The topological polar surface area (TPSA) is 54.5 Å². The summed E-state index contributed by atoms with van der Waals surface area (Å²) in [6.45, 7) is 4.85. The van der Waals surface area contributed by atoms with Gasteiger partial charge in [-0.3, -0.25) is 9.48 Å². The minimum atomic E-state index is 0.0350. The summed E-state index contributed by atoms with van der Waals surface area (Å²) in [4.78, 5) is 16.6. The summed E-state index contributed by atoms with van der Waals surface area (Å²) in [6.07, 6.45) is 3.85. The van der Waals surface area contributed by atoms with E-state index < -0.39 is 0 Å². The predicted molar refractivity (Wildman–Crippen MR) is 82.5 cm³/mol. The normalized spacial score (nSPS) is 15.6. The highest BCUT2D eigenvalue weighted by molar-refractivity contribution is 9.10. The van der Waals surface area contributed by atoms with Crippen molar-refractivity contribution >= 4 is 27.5 Å². The largest absolute Gasteiger partial charge is 0.454 e. The third-order valence-corrected chi connectivity index (χ3v) is 4.13. The molecule has 7 heteroatoms. The Kier molecular flexibility index (Phi) is 3.75. The number of piperazine rings is 1. The quantitative estimate of drug-likeness (QED) is 0.829. The number of aromatic nitrogens is 2. The number of furan rings is 1. The Bertz CT molecular complexity index is 656. The molecule has 0 bridgehead atoms. The molecule has 0 atom stereocenters. The van der Waals surface area contributed by atoms with Crippen LogP contribution >= 0.6 is 15.9 Å². The summed E-state index contributed by atoms with van der Waals surface area (Å²) < 4.78 is 7.75. The SMILES string of the molecule is Cc1oc(Br)cc1C(=O)N1CCN(c2cnn(C)c2)CC1. The van der Waals surface area contributed by atoms with Gasteiger partial charge in [0.1, 0.15) is 5.76 Å². The molecule has 0 spiro atoms. The average Bonchev–Trinajstić information content (AvgIpc) is 3.04. The van der Waals surface area contributed by atoms with E-state index in [1.807, 2.05) is 31.3 Å². The van der Waals surface area contributed by atoms with Crippen LogP contribution in [0.4, 0.5) is 5.69 Å². The maximum Gasteiger partial charge on any atom is 0.257 e. The minimum absolute atomic E-state index is 0.0350. The van der Waals surface area contributed by atoms with E-state index in [1.54, 1.807) is 10.7 Å². The Labute approximate surface area is 131 Å². The predicted octanol–water partition coefficient (Wildman–Crippen LogP) is 2.05. The van der Waals surface area contributed by atoms with Crippen molar-refractivity contribution in [2.24, 2.45) is 7.05 Å². The van der Waals surface area contributed by atoms with Crippen LogP contribution in [0, 0.1) is 6.92 Å². The van der Waals surface area contributed by atoms with Crippen molar-refractivity contribution in [2.75, 3.05) is 31.1 Å². The molecule has 2 aromatic rings. The van der Waals surface area contributed by atoms with E-state index in [0.717, 1.165) is 18.8 Å². The van der Waals surface area contributed by atoms with Gasteiger partial charge >= 0.3 is 0 Å². The molecular formula is C14H17BrN4O2. The highest BCUT2D eigenvalue weighted by Crippen LogP contribution is 2.22. The van der Waals surface area contributed by atoms with Gasteiger partial charge in [-0.25, -0.2) is 0 Å². The molecule has 1 amide bonds. The molecule has 1 fully saturated rings. The molecule has 0 aromatic carbocycles. The van der Waals surface area contributed by atoms with Crippen molar-refractivity contribution in [1.29, 1.82) is 0 Å². The van der Waals surface area contributed by atoms with Crippen LogP contribution in [-0.4, -0.2) is 46.8 Å². The summed E-state index contributed by atoms with van der Waals surface area (Å²) >= 11 is 3.26. The van der Waals surface area contributed by atoms with Crippen molar-refractivity contribution in [3.05, 3.63) is 34.5 Å². The first kappa shape index (κ1) is 14.2. The number of carbonyl (C=O) groups is 1. The molecule has 6 nitrogen and oxygen atoms in total. The van der Waals surface area contributed by atoms with Gasteiger partial charge in [0.15, 0.2) is 4.67 Å². The Morgan fingerprint density at radius 2 is 2.05 bits per heavy atom. The van der Waals surface area contributed by atoms with Crippen LogP contribution in [0.3, 0.4) is 0 Å². The lowest BCUT2D eigenvalue weighted by Gasteiger charge is -2.35. The Balaban J connectivity index is 1.65. The van der Waals surface area contributed by atoms with Gasteiger partial charge in [0.2, 0.25) is 0 Å². The molecular weight excluding hydrogens is 336 g/mol. The van der Waals surface area contributed by atoms with E-state index in [4.69, 9.17) is 4.42 Å². The number of carbonyl (C=O) groups excluding carboxylic acids is 1. The lowest BCUT2D eigenvalue weighted by atomic mass is 10.2. The number of anilines is 1. The molecule has 3 heterocycles. The van der Waals surface area contributed by atoms with E-state index >= 15 is 0 Å². The maximum atomic E-state index is 12.5. The number of nitrogens with zero attached hydrogens (tertiary/aromatic N) is 4. The molecule has 1 saturated heterocycles. The fraction of sp³-hybridized carbons (Fsp3) is 0.429. The zero-order valence-electron chi connectivity index (χ0n) is 12.0. The van der Waals surface area contributed by atoms with Crippen LogP contribution in [0.25, 0.3) is 0 Å². The van der Waals surface area contributed by atoms with Crippen LogP contribution in [0.15, 0.2) is 27.5 Å². The van der Waals surface area contributed by atoms with E-state index in [-0.39, 0.29) is 5.91 Å². The van der Waals surface area contributed by atoms with Gasteiger partial charge < -0.3 is 14.2 Å². The Morgan fingerprint density at radius 3 is 2.57 bits per heavy atom. The van der Waals surface area contributed by atoms with Gasteiger partial charge in [-0.2, -0.15) is 5.10 Å². The zero-order valence-corrected chi connectivity index (χ0v) is 13.6. The lowest BCUT2D eigenvalue weighted by Crippen LogP contribution is -2.48. The van der Waals surface area contributed by atoms with E-state index in [1.165, 1.54) is 0 Å². The summed E-state index contributed by atoms with van der Waals surface area (Å²) in [5.41, 5.74) is 1.74. The molecule has 1 aliphatic rings. The number of hydrogen-bond acceptors (Lipinski definition) is 4. The first-order chi connectivity index (χ1) is 10.0. The molecule has 21 heavy (non-hydrogen) atoms. The molecule has 3 rings (SSSR count). The molecule has 112 valence electrons. The van der Waals surface area contributed by atoms with E-state index in [2.05, 4.69) is 25.9 Å². The van der Waals surface area contributed by atoms with Gasteiger partial charge in [-0.05, 0) is 22.9 Å². The third-order valence-electron chi connectivity index (χ3n) is 3.74. The summed E-state index contributed by atoms with van der Waals surface area (Å²) in [7, 11) is 1.91. The second kappa shape index (κ2) is 5.55. The van der Waals surface area contributed by atoms with Crippen LogP contribution in [-0.2, 0) is 7.05 Å². The Morgan fingerprint density at radius 1 is 1.33 bits per heavy atom. The Hall–Kier alpha value is -1.76. The highest BCUT2D eigenvalue weighted by atomic mass is 79.9. The first-order valence-electron chi connectivity index (χ1n) is 6.83. The van der Waals surface area contributed by atoms with Crippen molar-refractivity contribution < 1.29 is 9.21 Å². The molecule has 2 aromatic heterocycles. The fourth-order valence-electron chi connectivity index (χ4n) is 2.57. The molecule has 0 radical (unpaired) electrons. The van der Waals surface area contributed by atoms with Crippen molar-refractivity contribution in [2.45, 2.75) is 6.92 Å². The summed E-state index contributed by atoms with van der Waals surface area (Å²) in [5.74, 6) is 0.689. The number of halogens is 1. The smallest absolute Gasteiger partial charge is 0.257 e. The van der Waals surface area contributed by atoms with Crippen LogP contribution in [0.2, 0.25) is 0 Å². The third kappa shape index (κ3) is 2.83. The van der Waals surface area contributed by atoms with Crippen LogP contribution in [0.1, 0.15) is 16.1 Å². The van der Waals surface area contributed by atoms with Gasteiger partial charge in [0.25, 0.3) is 5.91 Å². The molecule has 0 N–H and O–H groups in total. The monoisotopic (exact) mass is 352 g/mol. The zero-order chi connectivity index (χ0) is 15.0. The number of aryl methyl sites for hydroxylation is 2. The standard InChI is InChI=1S/C14H17BrN4O2/c1-10-12(7-13(15)21-10)14(20)19-5-3-18(4-6-19)11-8-16-17(2)9-11/h7-9H,3-6H2,1-2H3. The van der Waals surface area contributed by atoms with E-state index in [0.29, 0.717) is 29.1 Å². The van der Waals surface area contributed by atoms with Gasteiger partial charge in [-0.1, -0.05) is 0 Å². The van der Waals surface area contributed by atoms with E-state index in [9.17, 15) is 4.79 Å². The number of hydrogen-bond donors (Lipinski definition) is 0. The summed E-state index contributed by atoms with van der Waals surface area (Å²) in [6, 6.07) is 1.74.